The van der Waals surface area contributed by atoms with E-state index in [-0.39, 0.29) is 13.0 Å². The van der Waals surface area contributed by atoms with Crippen molar-refractivity contribution < 1.29 is 28.6 Å². The van der Waals surface area contributed by atoms with E-state index in [2.05, 4.69) is 31.3 Å². The third-order valence-electron chi connectivity index (χ3n) is 4.43. The minimum absolute atomic E-state index is 0.215. The Morgan fingerprint density at radius 3 is 2.41 bits per heavy atom. The van der Waals surface area contributed by atoms with E-state index >= 15 is 0 Å². The van der Waals surface area contributed by atoms with Crippen LogP contribution in [0.3, 0.4) is 0 Å². The topological polar surface area (TPSA) is 103 Å². The van der Waals surface area contributed by atoms with Crippen molar-refractivity contribution in [2.45, 2.75) is 57.4 Å². The molecule has 0 saturated carbocycles. The fraction of sp³-hybridized carbons (Fsp3) is 0.550. The number of benzene rings is 1. The predicted octanol–water partition coefficient (Wildman–Crippen LogP) is 2.85. The second kappa shape index (κ2) is 9.13. The highest BCUT2D eigenvalue weighted by Crippen LogP contribution is 2.39. The highest BCUT2D eigenvalue weighted by molar-refractivity contribution is 9.10. The summed E-state index contributed by atoms with van der Waals surface area (Å²) in [6, 6.07) is 6.37. The Morgan fingerprint density at radius 1 is 1.24 bits per heavy atom. The maximum Gasteiger partial charge on any atom is 0.408 e. The lowest BCUT2D eigenvalue weighted by Gasteiger charge is -2.35. The number of alkyl carbamates (subject to hydrolysis) is 1. The lowest BCUT2D eigenvalue weighted by molar-refractivity contribution is -0.145. The smallest absolute Gasteiger partial charge is 0.408 e. The molecular weight excluding hydrogens is 444 g/mol. The van der Waals surface area contributed by atoms with Gasteiger partial charge in [0.05, 0.1) is 13.7 Å². The average Bonchev–Trinajstić information content (AvgIpc) is 3.04. The SMILES string of the molecule is COC(=O)[C@H](C)NC(=O)[C@]1(NC(=O)OC(C)(C)C)CCO[C@@H]1c1ccc(Br)cc1. The Labute approximate surface area is 178 Å². The molecule has 9 heteroatoms. The van der Waals surface area contributed by atoms with Gasteiger partial charge in [-0.1, -0.05) is 28.1 Å². The molecule has 2 N–H and O–H groups in total. The van der Waals surface area contributed by atoms with E-state index in [1.807, 2.05) is 24.3 Å². The molecule has 160 valence electrons. The van der Waals surface area contributed by atoms with Crippen LogP contribution in [-0.2, 0) is 23.8 Å². The Kier molecular flexibility index (Phi) is 7.29. The van der Waals surface area contributed by atoms with Gasteiger partial charge in [-0.3, -0.25) is 4.79 Å². The molecule has 0 bridgehead atoms. The fourth-order valence-electron chi connectivity index (χ4n) is 3.09. The molecule has 1 fully saturated rings. The monoisotopic (exact) mass is 470 g/mol. The van der Waals surface area contributed by atoms with Crippen LogP contribution in [0, 0.1) is 0 Å². The van der Waals surface area contributed by atoms with E-state index < -0.39 is 41.3 Å². The first-order chi connectivity index (χ1) is 13.5. The van der Waals surface area contributed by atoms with Crippen LogP contribution in [0.15, 0.2) is 28.7 Å². The van der Waals surface area contributed by atoms with Crippen molar-refractivity contribution in [3.05, 3.63) is 34.3 Å². The van der Waals surface area contributed by atoms with E-state index in [4.69, 9.17) is 9.47 Å². The van der Waals surface area contributed by atoms with Crippen molar-refractivity contribution in [1.29, 1.82) is 0 Å². The largest absolute Gasteiger partial charge is 0.467 e. The Balaban J connectivity index is 2.38. The number of methoxy groups -OCH3 is 1. The molecule has 0 aliphatic carbocycles. The summed E-state index contributed by atoms with van der Waals surface area (Å²) in [7, 11) is 1.24. The molecule has 2 rings (SSSR count). The van der Waals surface area contributed by atoms with Gasteiger partial charge < -0.3 is 24.8 Å². The van der Waals surface area contributed by atoms with E-state index in [1.165, 1.54) is 14.0 Å². The van der Waals surface area contributed by atoms with Crippen molar-refractivity contribution in [3.63, 3.8) is 0 Å². The van der Waals surface area contributed by atoms with Gasteiger partial charge in [-0.25, -0.2) is 9.59 Å². The quantitative estimate of drug-likeness (QED) is 0.641. The van der Waals surface area contributed by atoms with Crippen molar-refractivity contribution in [2.75, 3.05) is 13.7 Å². The molecular formula is C20H27BrN2O6. The minimum Gasteiger partial charge on any atom is -0.467 e. The molecule has 0 spiro atoms. The summed E-state index contributed by atoms with van der Waals surface area (Å²) < 4.78 is 16.8. The van der Waals surface area contributed by atoms with Gasteiger partial charge in [0.25, 0.3) is 0 Å². The maximum atomic E-state index is 13.3. The van der Waals surface area contributed by atoms with Crippen molar-refractivity contribution in [2.24, 2.45) is 0 Å². The molecule has 1 aromatic rings. The lowest BCUT2D eigenvalue weighted by atomic mass is 9.85. The highest BCUT2D eigenvalue weighted by atomic mass is 79.9. The molecule has 8 nitrogen and oxygen atoms in total. The minimum atomic E-state index is -1.45. The molecule has 29 heavy (non-hydrogen) atoms. The third-order valence-corrected chi connectivity index (χ3v) is 4.96. The molecule has 1 aromatic carbocycles. The Hall–Kier alpha value is -2.13. The zero-order valence-electron chi connectivity index (χ0n) is 17.2. The number of carbonyl (C=O) groups excluding carboxylic acids is 3. The van der Waals surface area contributed by atoms with Crippen LogP contribution in [-0.4, -0.2) is 48.9 Å². The van der Waals surface area contributed by atoms with Crippen LogP contribution in [0.2, 0.25) is 0 Å². The maximum absolute atomic E-state index is 13.3. The number of nitrogens with one attached hydrogen (secondary N) is 2. The molecule has 2 amide bonds. The number of halogens is 1. The zero-order valence-corrected chi connectivity index (χ0v) is 18.8. The summed E-state index contributed by atoms with van der Waals surface area (Å²) in [5.41, 5.74) is -1.48. The first kappa shape index (κ1) is 23.2. The summed E-state index contributed by atoms with van der Waals surface area (Å²) in [6.45, 7) is 6.95. The van der Waals surface area contributed by atoms with Gasteiger partial charge in [0.15, 0.2) is 5.54 Å². The standard InChI is InChI=1S/C20H27BrN2O6/c1-12(16(24)27-5)22-17(25)20(23-18(26)29-19(2,3)4)10-11-28-15(20)13-6-8-14(21)9-7-13/h6-9,12,15H,10-11H2,1-5H3,(H,22,25)(H,23,26)/t12-,15+,20-/m0/s1. The molecule has 1 aliphatic rings. The van der Waals surface area contributed by atoms with Crippen LogP contribution in [0.25, 0.3) is 0 Å². The highest BCUT2D eigenvalue weighted by Gasteiger charge is 2.53. The Bertz CT molecular complexity index is 761. The zero-order chi connectivity index (χ0) is 21.8. The number of esters is 1. The first-order valence-corrected chi connectivity index (χ1v) is 10.0. The number of rotatable bonds is 5. The second-order valence-electron chi connectivity index (χ2n) is 7.87. The van der Waals surface area contributed by atoms with Gasteiger partial charge in [0, 0.05) is 10.9 Å². The van der Waals surface area contributed by atoms with Crippen LogP contribution in [0.1, 0.15) is 45.8 Å². The molecule has 1 saturated heterocycles. The molecule has 1 heterocycles. The van der Waals surface area contributed by atoms with Gasteiger partial charge in [0.1, 0.15) is 17.7 Å². The summed E-state index contributed by atoms with van der Waals surface area (Å²) in [5, 5.41) is 5.33. The van der Waals surface area contributed by atoms with Gasteiger partial charge in [0.2, 0.25) is 5.91 Å². The number of hydrogen-bond acceptors (Lipinski definition) is 6. The lowest BCUT2D eigenvalue weighted by Crippen LogP contribution is -2.62. The van der Waals surface area contributed by atoms with Crippen LogP contribution < -0.4 is 10.6 Å². The first-order valence-electron chi connectivity index (χ1n) is 9.25. The van der Waals surface area contributed by atoms with Gasteiger partial charge in [-0.05, 0) is 45.4 Å². The summed E-state index contributed by atoms with van der Waals surface area (Å²) in [5.74, 6) is -1.14. The normalized spacial score (nSPS) is 22.5. The van der Waals surface area contributed by atoms with Gasteiger partial charge in [-0.15, -0.1) is 0 Å². The summed E-state index contributed by atoms with van der Waals surface area (Å²) >= 11 is 3.38. The van der Waals surface area contributed by atoms with Gasteiger partial charge >= 0.3 is 12.1 Å². The van der Waals surface area contributed by atoms with Gasteiger partial charge in [-0.2, -0.15) is 0 Å². The van der Waals surface area contributed by atoms with Crippen molar-refractivity contribution in [3.8, 4) is 0 Å². The number of carbonyl (C=O) groups is 3. The van der Waals surface area contributed by atoms with E-state index in [0.29, 0.717) is 5.56 Å². The molecule has 0 unspecified atom stereocenters. The number of ether oxygens (including phenoxy) is 3. The van der Waals surface area contributed by atoms with Crippen molar-refractivity contribution in [1.82, 2.24) is 10.6 Å². The van der Waals surface area contributed by atoms with E-state index in [0.717, 1.165) is 4.47 Å². The van der Waals surface area contributed by atoms with Crippen LogP contribution in [0.4, 0.5) is 4.79 Å². The predicted molar refractivity (Wildman–Crippen MR) is 109 cm³/mol. The van der Waals surface area contributed by atoms with E-state index in [1.54, 1.807) is 20.8 Å². The van der Waals surface area contributed by atoms with E-state index in [9.17, 15) is 14.4 Å². The number of amides is 2. The van der Waals surface area contributed by atoms with Crippen molar-refractivity contribution >= 4 is 33.9 Å². The third kappa shape index (κ3) is 5.70. The number of hydrogen-bond donors (Lipinski definition) is 2. The molecule has 3 atom stereocenters. The Morgan fingerprint density at radius 2 is 1.86 bits per heavy atom. The van der Waals surface area contributed by atoms with Crippen LogP contribution >= 0.6 is 15.9 Å². The summed E-state index contributed by atoms with van der Waals surface area (Å²) in [6.07, 6.45) is -1.29. The molecule has 0 aromatic heterocycles. The average molecular weight is 471 g/mol. The molecule has 1 aliphatic heterocycles. The molecule has 0 radical (unpaired) electrons. The fourth-order valence-corrected chi connectivity index (χ4v) is 3.36. The van der Waals surface area contributed by atoms with Crippen LogP contribution in [0.5, 0.6) is 0 Å². The second-order valence-corrected chi connectivity index (χ2v) is 8.78. The summed E-state index contributed by atoms with van der Waals surface area (Å²) in [4.78, 5) is 37.6.